The van der Waals surface area contributed by atoms with Crippen LogP contribution in [0.25, 0.3) is 0 Å². The number of hydrogen-bond donors (Lipinski definition) is 2. The van der Waals surface area contributed by atoms with Crippen molar-refractivity contribution in [2.24, 2.45) is 0 Å². The molecule has 2 aromatic carbocycles. The summed E-state index contributed by atoms with van der Waals surface area (Å²) >= 11 is 5.72. The quantitative estimate of drug-likeness (QED) is 0.915. The van der Waals surface area contributed by atoms with E-state index in [-0.39, 0.29) is 10.9 Å². The van der Waals surface area contributed by atoms with E-state index in [2.05, 4.69) is 10.6 Å². The minimum Gasteiger partial charge on any atom is -0.348 e. The second-order valence-electron chi connectivity index (χ2n) is 5.02. The Morgan fingerprint density at radius 2 is 2.00 bits per heavy atom. The molecule has 2 aromatic rings. The van der Waals surface area contributed by atoms with Gasteiger partial charge < -0.3 is 10.6 Å². The highest BCUT2D eigenvalue weighted by Crippen LogP contribution is 2.18. The molecule has 1 aliphatic rings. The monoisotopic (exact) mass is 304 g/mol. The van der Waals surface area contributed by atoms with E-state index >= 15 is 0 Å². The van der Waals surface area contributed by atoms with Gasteiger partial charge in [0.15, 0.2) is 0 Å². The number of hydrogen-bond acceptors (Lipinski definition) is 2. The standard InChI is InChI=1S/C16H14ClFN2O/c17-14-5-10(1-4-15(14)18)7-20-16(21)11-2-3-12-8-19-9-13(12)6-11/h1-6,19H,7-9H2,(H,20,21). The zero-order valence-electron chi connectivity index (χ0n) is 11.2. The number of benzene rings is 2. The molecule has 1 aliphatic heterocycles. The summed E-state index contributed by atoms with van der Waals surface area (Å²) in [5, 5.41) is 6.11. The molecule has 0 atom stereocenters. The van der Waals surface area contributed by atoms with Crippen LogP contribution in [0.3, 0.4) is 0 Å². The number of rotatable bonds is 3. The van der Waals surface area contributed by atoms with Gasteiger partial charge in [-0.25, -0.2) is 4.39 Å². The smallest absolute Gasteiger partial charge is 0.251 e. The van der Waals surface area contributed by atoms with Gasteiger partial charge in [-0.05, 0) is 41.0 Å². The van der Waals surface area contributed by atoms with Gasteiger partial charge in [0.25, 0.3) is 5.91 Å². The normalized spacial score (nSPS) is 13.0. The molecule has 0 saturated heterocycles. The molecule has 1 heterocycles. The molecule has 5 heteroatoms. The van der Waals surface area contributed by atoms with Crippen molar-refractivity contribution in [1.82, 2.24) is 10.6 Å². The van der Waals surface area contributed by atoms with Crippen molar-refractivity contribution in [3.63, 3.8) is 0 Å². The van der Waals surface area contributed by atoms with E-state index in [0.29, 0.717) is 12.1 Å². The zero-order valence-corrected chi connectivity index (χ0v) is 12.0. The number of carbonyl (C=O) groups is 1. The average Bonchev–Trinajstić information content (AvgIpc) is 2.95. The third kappa shape index (κ3) is 3.06. The number of amides is 1. The van der Waals surface area contributed by atoms with Gasteiger partial charge in [0.1, 0.15) is 5.82 Å². The van der Waals surface area contributed by atoms with Crippen molar-refractivity contribution in [2.45, 2.75) is 19.6 Å². The molecular weight excluding hydrogens is 291 g/mol. The Kier molecular flexibility index (Phi) is 3.90. The topological polar surface area (TPSA) is 41.1 Å². The SMILES string of the molecule is O=C(NCc1ccc(F)c(Cl)c1)c1ccc2c(c1)CNC2. The van der Waals surface area contributed by atoms with E-state index < -0.39 is 5.82 Å². The fraction of sp³-hybridized carbons (Fsp3) is 0.188. The zero-order chi connectivity index (χ0) is 14.8. The molecule has 21 heavy (non-hydrogen) atoms. The molecular formula is C16H14ClFN2O. The maximum atomic E-state index is 13.1. The predicted octanol–water partition coefficient (Wildman–Crippen LogP) is 3.01. The van der Waals surface area contributed by atoms with Gasteiger partial charge in [0, 0.05) is 25.2 Å². The van der Waals surface area contributed by atoms with Crippen LogP contribution in [0.5, 0.6) is 0 Å². The Labute approximate surface area is 127 Å². The first kappa shape index (κ1) is 14.0. The average molecular weight is 305 g/mol. The molecule has 0 bridgehead atoms. The van der Waals surface area contributed by atoms with Crippen LogP contribution in [0, 0.1) is 5.82 Å². The molecule has 0 spiro atoms. The molecule has 0 radical (unpaired) electrons. The van der Waals surface area contributed by atoms with Crippen molar-refractivity contribution >= 4 is 17.5 Å². The fourth-order valence-electron chi connectivity index (χ4n) is 2.37. The summed E-state index contributed by atoms with van der Waals surface area (Å²) in [6.07, 6.45) is 0. The second-order valence-corrected chi connectivity index (χ2v) is 5.43. The summed E-state index contributed by atoms with van der Waals surface area (Å²) in [4.78, 5) is 12.1. The molecule has 108 valence electrons. The summed E-state index contributed by atoms with van der Waals surface area (Å²) in [5.74, 6) is -0.608. The van der Waals surface area contributed by atoms with E-state index in [1.807, 2.05) is 18.2 Å². The van der Waals surface area contributed by atoms with E-state index in [9.17, 15) is 9.18 Å². The minimum atomic E-state index is -0.460. The number of fused-ring (bicyclic) bond motifs is 1. The van der Waals surface area contributed by atoms with E-state index in [4.69, 9.17) is 11.6 Å². The van der Waals surface area contributed by atoms with Gasteiger partial charge in [-0.15, -0.1) is 0 Å². The minimum absolute atomic E-state index is 0.0605. The van der Waals surface area contributed by atoms with Crippen molar-refractivity contribution < 1.29 is 9.18 Å². The number of nitrogens with one attached hydrogen (secondary N) is 2. The molecule has 3 rings (SSSR count). The van der Waals surface area contributed by atoms with Crippen molar-refractivity contribution in [1.29, 1.82) is 0 Å². The summed E-state index contributed by atoms with van der Waals surface area (Å²) in [6.45, 7) is 1.96. The molecule has 0 aliphatic carbocycles. The first-order chi connectivity index (χ1) is 10.1. The summed E-state index contributed by atoms with van der Waals surface area (Å²) in [5.41, 5.74) is 3.78. The van der Waals surface area contributed by atoms with Gasteiger partial charge in [-0.1, -0.05) is 23.7 Å². The molecule has 1 amide bonds. The lowest BCUT2D eigenvalue weighted by atomic mass is 10.1. The lowest BCUT2D eigenvalue weighted by Crippen LogP contribution is -2.23. The van der Waals surface area contributed by atoms with Crippen LogP contribution in [-0.4, -0.2) is 5.91 Å². The van der Waals surface area contributed by atoms with E-state index in [0.717, 1.165) is 24.2 Å². The van der Waals surface area contributed by atoms with Crippen molar-refractivity contribution in [3.05, 3.63) is 69.5 Å². The molecule has 0 fully saturated rings. The van der Waals surface area contributed by atoms with Gasteiger partial charge in [0.2, 0.25) is 0 Å². The number of halogens is 2. The van der Waals surface area contributed by atoms with E-state index in [1.54, 1.807) is 6.07 Å². The van der Waals surface area contributed by atoms with E-state index in [1.165, 1.54) is 17.7 Å². The van der Waals surface area contributed by atoms with Crippen LogP contribution >= 0.6 is 11.6 Å². The van der Waals surface area contributed by atoms with Crippen LogP contribution < -0.4 is 10.6 Å². The second kappa shape index (κ2) is 5.84. The Bertz CT molecular complexity index is 703. The third-order valence-electron chi connectivity index (χ3n) is 3.54. The van der Waals surface area contributed by atoms with Crippen LogP contribution in [0.15, 0.2) is 36.4 Å². The summed E-state index contributed by atoms with van der Waals surface area (Å²) in [7, 11) is 0. The molecule has 3 nitrogen and oxygen atoms in total. The van der Waals surface area contributed by atoms with Crippen LogP contribution in [-0.2, 0) is 19.6 Å². The Morgan fingerprint density at radius 1 is 1.19 bits per heavy atom. The largest absolute Gasteiger partial charge is 0.348 e. The highest BCUT2D eigenvalue weighted by molar-refractivity contribution is 6.30. The van der Waals surface area contributed by atoms with Crippen molar-refractivity contribution in [2.75, 3.05) is 0 Å². The highest BCUT2D eigenvalue weighted by atomic mass is 35.5. The molecule has 0 saturated carbocycles. The first-order valence-corrected chi connectivity index (χ1v) is 7.06. The molecule has 2 N–H and O–H groups in total. The highest BCUT2D eigenvalue weighted by Gasteiger charge is 2.13. The third-order valence-corrected chi connectivity index (χ3v) is 3.83. The first-order valence-electron chi connectivity index (χ1n) is 6.68. The Hall–Kier alpha value is -1.91. The molecule has 0 unspecified atom stereocenters. The predicted molar refractivity (Wildman–Crippen MR) is 79.6 cm³/mol. The van der Waals surface area contributed by atoms with Crippen LogP contribution in [0.2, 0.25) is 5.02 Å². The lowest BCUT2D eigenvalue weighted by Gasteiger charge is -2.07. The van der Waals surface area contributed by atoms with Gasteiger partial charge in [0.05, 0.1) is 5.02 Å². The molecule has 0 aromatic heterocycles. The van der Waals surface area contributed by atoms with Gasteiger partial charge in [-0.3, -0.25) is 4.79 Å². The van der Waals surface area contributed by atoms with Gasteiger partial charge >= 0.3 is 0 Å². The maximum absolute atomic E-state index is 13.1. The van der Waals surface area contributed by atoms with Crippen LogP contribution in [0.1, 0.15) is 27.0 Å². The summed E-state index contributed by atoms with van der Waals surface area (Å²) < 4.78 is 13.1. The Morgan fingerprint density at radius 3 is 2.81 bits per heavy atom. The lowest BCUT2D eigenvalue weighted by molar-refractivity contribution is 0.0951. The number of carbonyl (C=O) groups excluding carboxylic acids is 1. The van der Waals surface area contributed by atoms with Crippen LogP contribution in [0.4, 0.5) is 4.39 Å². The Balaban J connectivity index is 1.67. The van der Waals surface area contributed by atoms with Gasteiger partial charge in [-0.2, -0.15) is 0 Å². The fourth-order valence-corrected chi connectivity index (χ4v) is 2.57. The maximum Gasteiger partial charge on any atom is 0.251 e. The summed E-state index contributed by atoms with van der Waals surface area (Å²) in [6, 6.07) is 10.1. The van der Waals surface area contributed by atoms with Crippen molar-refractivity contribution in [3.8, 4) is 0 Å².